The molecule has 5 nitrogen and oxygen atoms in total. The molecule has 1 atom stereocenters. The molecule has 6 heteroatoms. The molecule has 0 aliphatic carbocycles. The van der Waals surface area contributed by atoms with Gasteiger partial charge in [0.25, 0.3) is 5.91 Å². The third kappa shape index (κ3) is 3.24. The second-order valence-corrected chi connectivity index (χ2v) is 5.12. The summed E-state index contributed by atoms with van der Waals surface area (Å²) in [6, 6.07) is 5.20. The summed E-state index contributed by atoms with van der Waals surface area (Å²) in [5.74, 6) is 1.16. The second kappa shape index (κ2) is 6.95. The van der Waals surface area contributed by atoms with Gasteiger partial charge in [-0.15, -0.1) is 0 Å². The summed E-state index contributed by atoms with van der Waals surface area (Å²) in [7, 11) is 3.13. The number of carbonyl (C=O) groups is 1. The van der Waals surface area contributed by atoms with E-state index < -0.39 is 0 Å². The minimum absolute atomic E-state index is 0.0137. The minimum Gasteiger partial charge on any atom is -0.493 e. The Hall–Kier alpha value is -1.27. The van der Waals surface area contributed by atoms with Crippen molar-refractivity contribution >= 4 is 21.8 Å². The average Bonchev–Trinajstić information content (AvgIpc) is 2.53. The fraction of sp³-hybridized carbons (Fsp3) is 0.500. The molecule has 1 unspecified atom stereocenters. The zero-order chi connectivity index (χ0) is 14.5. The van der Waals surface area contributed by atoms with E-state index in [4.69, 9.17) is 14.2 Å². The van der Waals surface area contributed by atoms with Crippen LogP contribution in [0.1, 0.15) is 10.4 Å². The molecule has 1 aromatic rings. The summed E-state index contributed by atoms with van der Waals surface area (Å²) in [5.41, 5.74) is 0.595. The molecule has 1 amide bonds. The van der Waals surface area contributed by atoms with Crippen LogP contribution in [0, 0.1) is 0 Å². The van der Waals surface area contributed by atoms with Crippen molar-refractivity contribution in [1.82, 2.24) is 4.90 Å². The van der Waals surface area contributed by atoms with E-state index >= 15 is 0 Å². The Morgan fingerprint density at radius 3 is 2.80 bits per heavy atom. The number of hydrogen-bond acceptors (Lipinski definition) is 4. The lowest BCUT2D eigenvalue weighted by Gasteiger charge is -2.32. The molecule has 0 spiro atoms. The molecule has 1 aromatic carbocycles. The fourth-order valence-corrected chi connectivity index (χ4v) is 2.54. The fourth-order valence-electron chi connectivity index (χ4n) is 2.15. The van der Waals surface area contributed by atoms with Crippen molar-refractivity contribution in [2.45, 2.75) is 6.10 Å². The van der Waals surface area contributed by atoms with Crippen LogP contribution in [0.2, 0.25) is 0 Å². The SMILES string of the molecule is COc1ccc(C(=O)N2CCOC(CBr)C2)cc1OC. The van der Waals surface area contributed by atoms with Crippen LogP contribution < -0.4 is 9.47 Å². The first-order valence-corrected chi connectivity index (χ1v) is 7.50. The van der Waals surface area contributed by atoms with Crippen LogP contribution in [-0.2, 0) is 4.74 Å². The largest absolute Gasteiger partial charge is 0.493 e. The molecule has 1 saturated heterocycles. The molecule has 0 aromatic heterocycles. The zero-order valence-corrected chi connectivity index (χ0v) is 13.2. The molecular weight excluding hydrogens is 326 g/mol. The van der Waals surface area contributed by atoms with Gasteiger partial charge in [0.2, 0.25) is 0 Å². The number of halogens is 1. The lowest BCUT2D eigenvalue weighted by Crippen LogP contribution is -2.46. The van der Waals surface area contributed by atoms with E-state index in [0.717, 1.165) is 5.33 Å². The molecule has 2 rings (SSSR count). The molecule has 0 bridgehead atoms. The van der Waals surface area contributed by atoms with Gasteiger partial charge in [0.15, 0.2) is 11.5 Å². The van der Waals surface area contributed by atoms with E-state index in [1.807, 2.05) is 0 Å². The maximum Gasteiger partial charge on any atom is 0.254 e. The van der Waals surface area contributed by atoms with Gasteiger partial charge in [-0.2, -0.15) is 0 Å². The van der Waals surface area contributed by atoms with Crippen LogP contribution in [0.4, 0.5) is 0 Å². The van der Waals surface area contributed by atoms with Gasteiger partial charge >= 0.3 is 0 Å². The Morgan fingerprint density at radius 1 is 1.40 bits per heavy atom. The molecule has 1 fully saturated rings. The number of methoxy groups -OCH3 is 2. The van der Waals surface area contributed by atoms with Crippen molar-refractivity contribution in [2.75, 3.05) is 39.2 Å². The number of amides is 1. The van der Waals surface area contributed by atoms with E-state index in [9.17, 15) is 4.79 Å². The smallest absolute Gasteiger partial charge is 0.254 e. The van der Waals surface area contributed by atoms with Crippen molar-refractivity contribution in [3.05, 3.63) is 23.8 Å². The minimum atomic E-state index is -0.0137. The quantitative estimate of drug-likeness (QED) is 0.784. The van der Waals surface area contributed by atoms with E-state index in [-0.39, 0.29) is 12.0 Å². The van der Waals surface area contributed by atoms with Gasteiger partial charge in [0.05, 0.1) is 26.9 Å². The Balaban J connectivity index is 2.16. The van der Waals surface area contributed by atoms with Gasteiger partial charge < -0.3 is 19.1 Å². The van der Waals surface area contributed by atoms with Crippen LogP contribution in [-0.4, -0.2) is 56.2 Å². The number of alkyl halides is 1. The maximum absolute atomic E-state index is 12.5. The first kappa shape index (κ1) is 15.1. The van der Waals surface area contributed by atoms with E-state index in [1.54, 1.807) is 37.3 Å². The number of benzene rings is 1. The second-order valence-electron chi connectivity index (χ2n) is 4.47. The van der Waals surface area contributed by atoms with Crippen molar-refractivity contribution in [1.29, 1.82) is 0 Å². The van der Waals surface area contributed by atoms with Gasteiger partial charge in [-0.1, -0.05) is 15.9 Å². The van der Waals surface area contributed by atoms with Crippen molar-refractivity contribution < 1.29 is 19.0 Å². The Kier molecular flexibility index (Phi) is 5.25. The average molecular weight is 344 g/mol. The number of hydrogen-bond donors (Lipinski definition) is 0. The van der Waals surface area contributed by atoms with Gasteiger partial charge in [-0.3, -0.25) is 4.79 Å². The van der Waals surface area contributed by atoms with E-state index in [0.29, 0.717) is 36.8 Å². The standard InChI is InChI=1S/C14H18BrNO4/c1-18-12-4-3-10(7-13(12)19-2)14(17)16-5-6-20-11(8-15)9-16/h3-4,7,11H,5-6,8-9H2,1-2H3. The van der Waals surface area contributed by atoms with Crippen LogP contribution in [0.15, 0.2) is 18.2 Å². The topological polar surface area (TPSA) is 48.0 Å². The summed E-state index contributed by atoms with van der Waals surface area (Å²) in [6.45, 7) is 1.77. The molecule has 0 radical (unpaired) electrons. The number of nitrogens with zero attached hydrogens (tertiary/aromatic N) is 1. The zero-order valence-electron chi connectivity index (χ0n) is 11.6. The maximum atomic E-state index is 12.5. The summed E-state index contributed by atoms with van der Waals surface area (Å²) >= 11 is 3.39. The van der Waals surface area contributed by atoms with Crippen molar-refractivity contribution in [3.8, 4) is 11.5 Å². The van der Waals surface area contributed by atoms with Gasteiger partial charge in [0, 0.05) is 24.0 Å². The highest BCUT2D eigenvalue weighted by atomic mass is 79.9. The molecule has 20 heavy (non-hydrogen) atoms. The molecule has 0 saturated carbocycles. The normalized spacial score (nSPS) is 18.8. The third-order valence-electron chi connectivity index (χ3n) is 3.23. The molecule has 1 aliphatic rings. The van der Waals surface area contributed by atoms with Crippen molar-refractivity contribution in [3.63, 3.8) is 0 Å². The molecular formula is C14H18BrNO4. The van der Waals surface area contributed by atoms with Crippen molar-refractivity contribution in [2.24, 2.45) is 0 Å². The number of rotatable bonds is 4. The van der Waals surface area contributed by atoms with Crippen LogP contribution in [0.3, 0.4) is 0 Å². The third-order valence-corrected chi connectivity index (χ3v) is 3.95. The summed E-state index contributed by atoms with van der Waals surface area (Å²) in [4.78, 5) is 14.3. The molecule has 1 heterocycles. The first-order chi connectivity index (χ1) is 9.69. The van der Waals surface area contributed by atoms with Gasteiger partial charge in [0.1, 0.15) is 0 Å². The Morgan fingerprint density at radius 2 is 2.15 bits per heavy atom. The predicted octanol–water partition coefficient (Wildman–Crippen LogP) is 1.94. The Labute approximate surface area is 126 Å². The molecule has 0 N–H and O–H groups in total. The number of morpholine rings is 1. The highest BCUT2D eigenvalue weighted by Gasteiger charge is 2.25. The van der Waals surface area contributed by atoms with Crippen LogP contribution in [0.25, 0.3) is 0 Å². The van der Waals surface area contributed by atoms with Crippen LogP contribution >= 0.6 is 15.9 Å². The lowest BCUT2D eigenvalue weighted by atomic mass is 10.1. The summed E-state index contributed by atoms with van der Waals surface area (Å²) in [6.07, 6.45) is 0.0489. The first-order valence-electron chi connectivity index (χ1n) is 6.38. The van der Waals surface area contributed by atoms with E-state index in [1.165, 1.54) is 0 Å². The number of carbonyl (C=O) groups excluding carboxylic acids is 1. The van der Waals surface area contributed by atoms with Gasteiger partial charge in [-0.25, -0.2) is 0 Å². The van der Waals surface area contributed by atoms with Gasteiger partial charge in [-0.05, 0) is 18.2 Å². The molecule has 110 valence electrons. The molecule has 1 aliphatic heterocycles. The Bertz CT molecular complexity index is 480. The predicted molar refractivity (Wildman–Crippen MR) is 79.0 cm³/mol. The lowest BCUT2D eigenvalue weighted by molar-refractivity contribution is -0.00966. The highest BCUT2D eigenvalue weighted by molar-refractivity contribution is 9.09. The monoisotopic (exact) mass is 343 g/mol. The highest BCUT2D eigenvalue weighted by Crippen LogP contribution is 2.28. The van der Waals surface area contributed by atoms with E-state index in [2.05, 4.69) is 15.9 Å². The number of ether oxygens (including phenoxy) is 3. The van der Waals surface area contributed by atoms with Crippen LogP contribution in [0.5, 0.6) is 11.5 Å². The summed E-state index contributed by atoms with van der Waals surface area (Å²) < 4.78 is 15.9. The summed E-state index contributed by atoms with van der Waals surface area (Å²) in [5, 5.41) is 0.725.